The molecule has 0 fully saturated rings. The van der Waals surface area contributed by atoms with Gasteiger partial charge in [0.15, 0.2) is 5.76 Å². The number of aliphatic hydroxyl groups is 1. The molecule has 3 rings (SSSR count). The van der Waals surface area contributed by atoms with Gasteiger partial charge in [-0.25, -0.2) is 4.98 Å². The van der Waals surface area contributed by atoms with E-state index in [1.54, 1.807) is 11.8 Å². The molecule has 0 bridgehead atoms. The first-order valence-corrected chi connectivity index (χ1v) is 10.4. The van der Waals surface area contributed by atoms with Crippen LogP contribution < -0.4 is 0 Å². The molecular formula is C19H22N2O3S2. The zero-order chi connectivity index (χ0) is 18.8. The van der Waals surface area contributed by atoms with Crippen molar-refractivity contribution in [3.05, 3.63) is 49.3 Å². The number of aliphatic hydroxyl groups excluding tert-OH is 1. The van der Waals surface area contributed by atoms with Crippen LogP contribution >= 0.6 is 22.7 Å². The maximum Gasteiger partial charge on any atom is 0.290 e. The van der Waals surface area contributed by atoms with Crippen LogP contribution in [0, 0.1) is 13.8 Å². The van der Waals surface area contributed by atoms with Crippen LogP contribution in [-0.2, 0) is 4.79 Å². The summed E-state index contributed by atoms with van der Waals surface area (Å²) in [6.45, 7) is 6.25. The number of unbranched alkanes of at least 4 members (excludes halogenated alkanes) is 2. The third-order valence-electron chi connectivity index (χ3n) is 4.47. The molecule has 3 heterocycles. The van der Waals surface area contributed by atoms with E-state index in [-0.39, 0.29) is 11.4 Å². The molecule has 7 heteroatoms. The van der Waals surface area contributed by atoms with Crippen LogP contribution in [0.4, 0.5) is 0 Å². The summed E-state index contributed by atoms with van der Waals surface area (Å²) in [5, 5.41) is 13.3. The van der Waals surface area contributed by atoms with Crippen LogP contribution in [0.1, 0.15) is 57.5 Å². The molecule has 0 spiro atoms. The van der Waals surface area contributed by atoms with E-state index in [0.29, 0.717) is 17.1 Å². The molecule has 1 aliphatic heterocycles. The summed E-state index contributed by atoms with van der Waals surface area (Å²) in [7, 11) is 0. The van der Waals surface area contributed by atoms with Crippen molar-refractivity contribution in [1.82, 2.24) is 9.88 Å². The molecule has 26 heavy (non-hydrogen) atoms. The van der Waals surface area contributed by atoms with Gasteiger partial charge in [-0.2, -0.15) is 0 Å². The monoisotopic (exact) mass is 390 g/mol. The molecule has 138 valence electrons. The zero-order valence-electron chi connectivity index (χ0n) is 15.1. The Bertz CT molecular complexity index is 852. The minimum atomic E-state index is -0.520. The van der Waals surface area contributed by atoms with E-state index in [1.807, 2.05) is 24.4 Å². The highest BCUT2D eigenvalue weighted by Gasteiger charge is 2.44. The van der Waals surface area contributed by atoms with E-state index >= 15 is 0 Å². The maximum absolute atomic E-state index is 13.2. The number of nitrogens with zero attached hydrogens (tertiary/aromatic N) is 2. The summed E-state index contributed by atoms with van der Waals surface area (Å²) in [4.78, 5) is 33.2. The fourth-order valence-corrected chi connectivity index (χ4v) is 4.97. The van der Waals surface area contributed by atoms with Gasteiger partial charge >= 0.3 is 0 Å². The number of carbonyl (C=O) groups excluding carboxylic acids is 2. The Hall–Kier alpha value is -1.99. The molecule has 0 aliphatic carbocycles. The van der Waals surface area contributed by atoms with Crippen molar-refractivity contribution in [2.75, 3.05) is 6.54 Å². The number of ketones is 1. The molecule has 1 aliphatic rings. The van der Waals surface area contributed by atoms with Gasteiger partial charge in [-0.1, -0.05) is 25.8 Å². The van der Waals surface area contributed by atoms with Crippen LogP contribution in [-0.4, -0.2) is 33.2 Å². The number of Topliss-reactive ketones (excluding diaryl/α,β-unsaturated/α-hetero) is 1. The van der Waals surface area contributed by atoms with Crippen LogP contribution in [0.3, 0.4) is 0 Å². The largest absolute Gasteiger partial charge is 0.503 e. The molecule has 0 saturated heterocycles. The highest BCUT2D eigenvalue weighted by Crippen LogP contribution is 2.41. The van der Waals surface area contributed by atoms with Gasteiger partial charge in [0.25, 0.3) is 5.91 Å². The summed E-state index contributed by atoms with van der Waals surface area (Å²) in [5.74, 6) is -1.17. The Kier molecular flexibility index (Phi) is 5.58. The Labute approximate surface area is 161 Å². The molecule has 2 aromatic heterocycles. The number of rotatable bonds is 7. The quantitative estimate of drug-likeness (QED) is 0.554. The third-order valence-corrected chi connectivity index (χ3v) is 6.47. The molecule has 0 saturated carbocycles. The van der Waals surface area contributed by atoms with Gasteiger partial charge in [0.1, 0.15) is 0 Å². The molecule has 0 radical (unpaired) electrons. The van der Waals surface area contributed by atoms with Crippen LogP contribution in [0.25, 0.3) is 0 Å². The molecule has 2 aromatic rings. The number of hydrogen-bond donors (Lipinski definition) is 1. The minimum absolute atomic E-state index is 0.181. The lowest BCUT2D eigenvalue weighted by Gasteiger charge is -2.25. The predicted octanol–water partition coefficient (Wildman–Crippen LogP) is 4.59. The summed E-state index contributed by atoms with van der Waals surface area (Å²) >= 11 is 2.79. The fraction of sp³-hybridized carbons (Fsp3) is 0.421. The summed E-state index contributed by atoms with van der Waals surface area (Å²) in [6, 6.07) is 3.29. The molecule has 1 N–H and O–H groups in total. The van der Waals surface area contributed by atoms with Crippen molar-refractivity contribution in [2.45, 2.75) is 46.1 Å². The number of amides is 1. The van der Waals surface area contributed by atoms with Crippen molar-refractivity contribution in [3.8, 4) is 0 Å². The lowest BCUT2D eigenvalue weighted by molar-refractivity contribution is -0.129. The van der Waals surface area contributed by atoms with Crippen LogP contribution in [0.15, 0.2) is 28.8 Å². The number of thiophene rings is 1. The normalized spacial score (nSPS) is 17.4. The molecule has 0 aromatic carbocycles. The van der Waals surface area contributed by atoms with E-state index in [9.17, 15) is 14.7 Å². The van der Waals surface area contributed by atoms with Gasteiger partial charge in [0.2, 0.25) is 5.78 Å². The molecule has 1 atom stereocenters. The van der Waals surface area contributed by atoms with E-state index in [4.69, 9.17) is 0 Å². The maximum atomic E-state index is 13.2. The summed E-state index contributed by atoms with van der Waals surface area (Å²) in [6.07, 6.45) is 2.88. The van der Waals surface area contributed by atoms with Gasteiger partial charge in [-0.05, 0) is 31.7 Å². The molecular weight excluding hydrogens is 368 g/mol. The standard InChI is InChI=1S/C19H22N2O3S2/c1-4-5-6-9-21-15(13-8-7-10-25-13)14(17(23)19(21)24)16(22)18-11(2)20-12(3)26-18/h7-8,10,15,23H,4-6,9H2,1-3H3. The van der Waals surface area contributed by atoms with E-state index in [1.165, 1.54) is 22.7 Å². The van der Waals surface area contributed by atoms with Crippen LogP contribution in [0.5, 0.6) is 0 Å². The number of aryl methyl sites for hydroxylation is 2. The minimum Gasteiger partial charge on any atom is -0.503 e. The van der Waals surface area contributed by atoms with Crippen molar-refractivity contribution < 1.29 is 14.7 Å². The van der Waals surface area contributed by atoms with E-state index in [0.717, 1.165) is 29.1 Å². The first-order chi connectivity index (χ1) is 12.5. The lowest BCUT2D eigenvalue weighted by Crippen LogP contribution is -2.31. The van der Waals surface area contributed by atoms with Crippen molar-refractivity contribution in [3.63, 3.8) is 0 Å². The average molecular weight is 391 g/mol. The van der Waals surface area contributed by atoms with Crippen molar-refractivity contribution in [2.24, 2.45) is 0 Å². The number of thiazole rings is 1. The second-order valence-electron chi connectivity index (χ2n) is 6.36. The Morgan fingerprint density at radius 2 is 2.12 bits per heavy atom. The summed E-state index contributed by atoms with van der Waals surface area (Å²) < 4.78 is 0. The first kappa shape index (κ1) is 18.8. The van der Waals surface area contributed by atoms with Crippen LogP contribution in [0.2, 0.25) is 0 Å². The van der Waals surface area contributed by atoms with E-state index in [2.05, 4.69) is 11.9 Å². The van der Waals surface area contributed by atoms with Gasteiger partial charge < -0.3 is 10.0 Å². The molecule has 1 amide bonds. The van der Waals surface area contributed by atoms with Crippen molar-refractivity contribution >= 4 is 34.4 Å². The zero-order valence-corrected chi connectivity index (χ0v) is 16.7. The fourth-order valence-electron chi connectivity index (χ4n) is 3.26. The van der Waals surface area contributed by atoms with Gasteiger partial charge in [0, 0.05) is 11.4 Å². The summed E-state index contributed by atoms with van der Waals surface area (Å²) in [5.41, 5.74) is 0.820. The average Bonchev–Trinajstić information content (AvgIpc) is 3.29. The highest BCUT2D eigenvalue weighted by molar-refractivity contribution is 7.14. The SMILES string of the molecule is CCCCCN1C(=O)C(O)=C(C(=O)c2sc(C)nc2C)C1c1cccs1. The highest BCUT2D eigenvalue weighted by atomic mass is 32.1. The Morgan fingerprint density at radius 1 is 1.35 bits per heavy atom. The topological polar surface area (TPSA) is 70.5 Å². The number of carbonyl (C=O) groups is 2. The van der Waals surface area contributed by atoms with Gasteiger partial charge in [0.05, 0.1) is 27.2 Å². The number of aromatic nitrogens is 1. The molecule has 1 unspecified atom stereocenters. The smallest absolute Gasteiger partial charge is 0.290 e. The molecule has 5 nitrogen and oxygen atoms in total. The first-order valence-electron chi connectivity index (χ1n) is 8.71. The second-order valence-corrected chi connectivity index (χ2v) is 8.54. The van der Waals surface area contributed by atoms with Gasteiger partial charge in [-0.15, -0.1) is 22.7 Å². The Morgan fingerprint density at radius 3 is 2.69 bits per heavy atom. The number of hydrogen-bond acceptors (Lipinski definition) is 6. The van der Waals surface area contributed by atoms with E-state index < -0.39 is 17.7 Å². The van der Waals surface area contributed by atoms with Crippen molar-refractivity contribution in [1.29, 1.82) is 0 Å². The lowest BCUT2D eigenvalue weighted by atomic mass is 10.00. The van der Waals surface area contributed by atoms with Gasteiger partial charge in [-0.3, -0.25) is 9.59 Å². The third kappa shape index (κ3) is 3.33. The predicted molar refractivity (Wildman–Crippen MR) is 104 cm³/mol. The Balaban J connectivity index is 2.02. The second kappa shape index (κ2) is 7.72.